The molecule has 0 aliphatic heterocycles. The zero-order valence-electron chi connectivity index (χ0n) is 32.9. The van der Waals surface area contributed by atoms with Crippen molar-refractivity contribution in [1.82, 2.24) is 8.97 Å². The Morgan fingerprint density at radius 1 is 0.279 bits per heavy atom. The highest BCUT2D eigenvalue weighted by Gasteiger charge is 2.25. The van der Waals surface area contributed by atoms with Crippen LogP contribution < -0.4 is 0 Å². The van der Waals surface area contributed by atoms with Crippen LogP contribution in [0.2, 0.25) is 0 Å². The third-order valence-corrected chi connectivity index (χ3v) is 14.5. The topological polar surface area (TPSA) is 9.34 Å². The Labute approximate surface area is 354 Å². The van der Waals surface area contributed by atoms with Gasteiger partial charge < -0.3 is 8.97 Å². The average molecular weight is 791 g/mol. The minimum absolute atomic E-state index is 1.17. The lowest BCUT2D eigenvalue weighted by molar-refractivity contribution is 1.19. The minimum atomic E-state index is 1.17. The maximum atomic E-state index is 2.55. The number of thiophene rings is 1. The van der Waals surface area contributed by atoms with Crippen molar-refractivity contribution in [3.05, 3.63) is 206 Å². The number of fused-ring (bicyclic) bond motifs is 15. The van der Waals surface area contributed by atoms with Crippen LogP contribution in [0.3, 0.4) is 0 Å². The molecule has 0 fully saturated rings. The summed E-state index contributed by atoms with van der Waals surface area (Å²) in [6.07, 6.45) is 0. The van der Waals surface area contributed by atoms with Crippen LogP contribution in [0, 0.1) is 0 Å². The monoisotopic (exact) mass is 790 g/mol. The first-order valence-corrected chi connectivity index (χ1v) is 21.8. The van der Waals surface area contributed by atoms with E-state index in [0.29, 0.717) is 0 Å². The van der Waals surface area contributed by atoms with Gasteiger partial charge in [0.15, 0.2) is 0 Å². The van der Waals surface area contributed by atoms with Gasteiger partial charge in [0, 0.05) is 42.9 Å². The second-order valence-electron chi connectivity index (χ2n) is 16.4. The lowest BCUT2D eigenvalue weighted by Crippen LogP contribution is -1.94. The Bertz CT molecular complexity index is 4060. The third kappa shape index (κ3) is 4.56. The molecule has 10 aromatic carbocycles. The average Bonchev–Trinajstić information content (AvgIpc) is 4.08. The lowest BCUT2D eigenvalue weighted by Gasteiger charge is -2.14. The molecule has 0 aliphatic carbocycles. The highest BCUT2D eigenvalue weighted by Crippen LogP contribution is 2.51. The summed E-state index contributed by atoms with van der Waals surface area (Å²) in [5.74, 6) is 0. The standard InChI is InChI=1S/C58H34N2S/c1-3-14-35(15-4-1)57-54-47-24-13-23-46-50-33-38(27-31-53(50)60(55(46)47)56(54)58(61-57)36-16-5-2-6-17-36)37-26-30-52-49(32-37)45-22-11-12-25-51(45)59(52)39-28-29-44-42-20-8-7-18-40(42)41-19-9-10-21-43(41)48(44)34-39/h1-34H. The zero-order valence-corrected chi connectivity index (χ0v) is 33.7. The summed E-state index contributed by atoms with van der Waals surface area (Å²) in [7, 11) is 0. The van der Waals surface area contributed by atoms with Crippen LogP contribution in [0.15, 0.2) is 206 Å². The Morgan fingerprint density at radius 3 is 1.48 bits per heavy atom. The lowest BCUT2D eigenvalue weighted by atomic mass is 9.94. The van der Waals surface area contributed by atoms with Gasteiger partial charge in [0.05, 0.1) is 32.5 Å². The van der Waals surface area contributed by atoms with E-state index in [1.807, 2.05) is 11.3 Å². The summed E-state index contributed by atoms with van der Waals surface area (Å²) in [6, 6.07) is 76.4. The van der Waals surface area contributed by atoms with Crippen molar-refractivity contribution < 1.29 is 0 Å². The van der Waals surface area contributed by atoms with Gasteiger partial charge in [-0.15, -0.1) is 11.3 Å². The molecule has 14 rings (SSSR count). The van der Waals surface area contributed by atoms with Gasteiger partial charge in [-0.1, -0.05) is 164 Å². The SMILES string of the molecule is c1ccc(-c2sc(-c3ccccc3)c3c2c2cccc4c5cc(-c6ccc7c(c6)c6ccccc6n7-c6ccc7c8ccccc8c8ccccc8c7c6)ccc5n3c42)cc1. The normalized spacial score (nSPS) is 12.3. The number of para-hydroxylation sites is 2. The van der Waals surface area contributed by atoms with Crippen molar-refractivity contribution in [2.45, 2.75) is 0 Å². The molecule has 0 spiro atoms. The summed E-state index contributed by atoms with van der Waals surface area (Å²) in [5, 5.41) is 15.5. The molecular weight excluding hydrogens is 757 g/mol. The van der Waals surface area contributed by atoms with Gasteiger partial charge in [0.2, 0.25) is 0 Å². The van der Waals surface area contributed by atoms with E-state index in [9.17, 15) is 0 Å². The summed E-state index contributed by atoms with van der Waals surface area (Å²) < 4.78 is 5.01. The second-order valence-corrected chi connectivity index (χ2v) is 17.4. The van der Waals surface area contributed by atoms with Crippen molar-refractivity contribution in [2.75, 3.05) is 0 Å². The summed E-state index contributed by atoms with van der Waals surface area (Å²) >= 11 is 1.91. The maximum Gasteiger partial charge on any atom is 0.0734 e. The largest absolute Gasteiger partial charge is 0.309 e. The Kier molecular flexibility index (Phi) is 6.74. The van der Waals surface area contributed by atoms with Crippen LogP contribution >= 0.6 is 11.3 Å². The van der Waals surface area contributed by atoms with Gasteiger partial charge in [0.1, 0.15) is 0 Å². The molecule has 3 heteroatoms. The molecular formula is C58H34N2S. The number of nitrogens with zero attached hydrogens (tertiary/aromatic N) is 2. The minimum Gasteiger partial charge on any atom is -0.309 e. The molecule has 0 N–H and O–H groups in total. The zero-order chi connectivity index (χ0) is 39.8. The first-order valence-electron chi connectivity index (χ1n) is 21.0. The molecule has 0 amide bonds. The highest BCUT2D eigenvalue weighted by molar-refractivity contribution is 7.21. The molecule has 0 unspecified atom stereocenters. The number of rotatable bonds is 4. The van der Waals surface area contributed by atoms with E-state index in [1.165, 1.54) is 130 Å². The fourth-order valence-electron chi connectivity index (χ4n) is 10.6. The summed E-state index contributed by atoms with van der Waals surface area (Å²) in [5.41, 5.74) is 12.4. The molecule has 61 heavy (non-hydrogen) atoms. The molecule has 0 saturated heterocycles. The van der Waals surface area contributed by atoms with E-state index in [0.717, 1.165) is 0 Å². The van der Waals surface area contributed by atoms with Crippen molar-refractivity contribution >= 4 is 104 Å². The number of hydrogen-bond donors (Lipinski definition) is 0. The van der Waals surface area contributed by atoms with E-state index in [-0.39, 0.29) is 0 Å². The molecule has 0 aliphatic rings. The van der Waals surface area contributed by atoms with Gasteiger partial charge in [-0.25, -0.2) is 0 Å². The molecule has 282 valence electrons. The molecule has 0 atom stereocenters. The fourth-order valence-corrected chi connectivity index (χ4v) is 11.9. The van der Waals surface area contributed by atoms with Gasteiger partial charge in [-0.2, -0.15) is 0 Å². The van der Waals surface area contributed by atoms with Crippen molar-refractivity contribution in [1.29, 1.82) is 0 Å². The molecule has 0 radical (unpaired) electrons. The molecule has 0 bridgehead atoms. The van der Waals surface area contributed by atoms with E-state index in [4.69, 9.17) is 0 Å². The third-order valence-electron chi connectivity index (χ3n) is 13.2. The smallest absolute Gasteiger partial charge is 0.0734 e. The van der Waals surface area contributed by atoms with Crippen LogP contribution in [0.1, 0.15) is 0 Å². The quantitative estimate of drug-likeness (QED) is 0.157. The van der Waals surface area contributed by atoms with Gasteiger partial charge in [-0.3, -0.25) is 0 Å². The fraction of sp³-hybridized carbons (Fsp3) is 0. The van der Waals surface area contributed by atoms with Crippen molar-refractivity contribution in [3.63, 3.8) is 0 Å². The number of benzene rings is 10. The summed E-state index contributed by atoms with van der Waals surface area (Å²) in [6.45, 7) is 0. The second kappa shape index (κ2) is 12.4. The Morgan fingerprint density at radius 2 is 0.787 bits per heavy atom. The predicted octanol–water partition coefficient (Wildman–Crippen LogP) is 16.5. The molecule has 4 aromatic heterocycles. The van der Waals surface area contributed by atoms with E-state index in [2.05, 4.69) is 215 Å². The van der Waals surface area contributed by atoms with Crippen LogP contribution in [0.4, 0.5) is 0 Å². The Balaban J connectivity index is 0.971. The van der Waals surface area contributed by atoms with Gasteiger partial charge in [0.25, 0.3) is 0 Å². The van der Waals surface area contributed by atoms with E-state index < -0.39 is 0 Å². The van der Waals surface area contributed by atoms with Crippen LogP contribution in [0.5, 0.6) is 0 Å². The first kappa shape index (κ1) is 33.1. The molecule has 0 saturated carbocycles. The highest BCUT2D eigenvalue weighted by atomic mass is 32.1. The molecule has 4 heterocycles. The first-order chi connectivity index (χ1) is 30.3. The molecule has 14 aromatic rings. The van der Waals surface area contributed by atoms with E-state index >= 15 is 0 Å². The van der Waals surface area contributed by atoms with Crippen molar-refractivity contribution in [2.24, 2.45) is 0 Å². The van der Waals surface area contributed by atoms with Crippen LogP contribution in [0.25, 0.3) is 130 Å². The van der Waals surface area contributed by atoms with Gasteiger partial charge >= 0.3 is 0 Å². The summed E-state index contributed by atoms with van der Waals surface area (Å²) in [4.78, 5) is 2.64. The molecule has 2 nitrogen and oxygen atoms in total. The van der Waals surface area contributed by atoms with Gasteiger partial charge in [-0.05, 0) is 97.0 Å². The van der Waals surface area contributed by atoms with Crippen molar-refractivity contribution in [3.8, 4) is 37.7 Å². The van der Waals surface area contributed by atoms with Crippen LogP contribution in [-0.4, -0.2) is 8.97 Å². The Hall–Kier alpha value is -7.72. The van der Waals surface area contributed by atoms with Crippen LogP contribution in [-0.2, 0) is 0 Å². The maximum absolute atomic E-state index is 2.55. The van der Waals surface area contributed by atoms with E-state index in [1.54, 1.807) is 0 Å². The predicted molar refractivity (Wildman–Crippen MR) is 262 cm³/mol. The number of aromatic nitrogens is 2. The number of hydrogen-bond acceptors (Lipinski definition) is 1.